The summed E-state index contributed by atoms with van der Waals surface area (Å²) in [7, 11) is -3.76. The van der Waals surface area contributed by atoms with E-state index in [1.807, 2.05) is 18.2 Å². The molecule has 0 saturated carbocycles. The SMILES string of the molecule is O=Cc1ccc(S(=O)(=O)N2CCCc3ccccc32)o1. The van der Waals surface area contributed by atoms with Gasteiger partial charge >= 0.3 is 0 Å². The summed E-state index contributed by atoms with van der Waals surface area (Å²) in [6, 6.07) is 10.1. The lowest BCUT2D eigenvalue weighted by Gasteiger charge is -2.29. The summed E-state index contributed by atoms with van der Waals surface area (Å²) in [5.41, 5.74) is 1.69. The van der Waals surface area contributed by atoms with Crippen molar-refractivity contribution in [3.8, 4) is 0 Å². The van der Waals surface area contributed by atoms with E-state index >= 15 is 0 Å². The number of rotatable bonds is 3. The largest absolute Gasteiger partial charge is 0.440 e. The molecule has 20 heavy (non-hydrogen) atoms. The van der Waals surface area contributed by atoms with Gasteiger partial charge in [-0.15, -0.1) is 0 Å². The number of furan rings is 1. The van der Waals surface area contributed by atoms with Gasteiger partial charge in [0, 0.05) is 6.54 Å². The lowest BCUT2D eigenvalue weighted by Crippen LogP contribution is -2.35. The lowest BCUT2D eigenvalue weighted by atomic mass is 10.0. The van der Waals surface area contributed by atoms with Gasteiger partial charge in [0.25, 0.3) is 10.0 Å². The number of carbonyl (C=O) groups excluding carboxylic acids is 1. The Morgan fingerprint density at radius 1 is 1.15 bits per heavy atom. The number of nitrogens with zero attached hydrogens (tertiary/aromatic N) is 1. The van der Waals surface area contributed by atoms with E-state index in [-0.39, 0.29) is 10.9 Å². The molecule has 0 saturated heterocycles. The summed E-state index contributed by atoms with van der Waals surface area (Å²) >= 11 is 0. The van der Waals surface area contributed by atoms with Gasteiger partial charge in [-0.3, -0.25) is 9.10 Å². The second kappa shape index (κ2) is 4.79. The maximum absolute atomic E-state index is 12.6. The van der Waals surface area contributed by atoms with Crippen LogP contribution >= 0.6 is 0 Å². The first-order chi connectivity index (χ1) is 9.63. The third-order valence-electron chi connectivity index (χ3n) is 3.33. The van der Waals surface area contributed by atoms with E-state index in [0.29, 0.717) is 18.5 Å². The van der Waals surface area contributed by atoms with Crippen LogP contribution in [0, 0.1) is 0 Å². The lowest BCUT2D eigenvalue weighted by molar-refractivity contribution is 0.109. The predicted molar refractivity (Wildman–Crippen MR) is 73.4 cm³/mol. The first-order valence-corrected chi connectivity index (χ1v) is 7.72. The Morgan fingerprint density at radius 3 is 2.70 bits per heavy atom. The average molecular weight is 291 g/mol. The zero-order chi connectivity index (χ0) is 14.2. The Morgan fingerprint density at radius 2 is 1.95 bits per heavy atom. The fourth-order valence-corrected chi connectivity index (χ4v) is 3.86. The van der Waals surface area contributed by atoms with Crippen LogP contribution in [0.4, 0.5) is 5.69 Å². The third kappa shape index (κ3) is 2.02. The molecule has 0 fully saturated rings. The maximum Gasteiger partial charge on any atom is 0.297 e. The molecule has 1 aliphatic heterocycles. The molecule has 0 N–H and O–H groups in total. The zero-order valence-corrected chi connectivity index (χ0v) is 11.5. The molecule has 1 aromatic heterocycles. The van der Waals surface area contributed by atoms with Crippen LogP contribution in [0.5, 0.6) is 0 Å². The molecule has 0 radical (unpaired) electrons. The number of carbonyl (C=O) groups is 1. The Bertz CT molecular complexity index is 748. The van der Waals surface area contributed by atoms with Crippen molar-refractivity contribution in [2.24, 2.45) is 0 Å². The first-order valence-electron chi connectivity index (χ1n) is 6.28. The highest BCUT2D eigenvalue weighted by Crippen LogP contribution is 2.32. The molecular formula is C14H13NO4S. The Kier molecular flexibility index (Phi) is 3.10. The summed E-state index contributed by atoms with van der Waals surface area (Å²) in [6.45, 7) is 0.413. The van der Waals surface area contributed by atoms with Gasteiger partial charge in [0.05, 0.1) is 5.69 Å². The smallest absolute Gasteiger partial charge is 0.297 e. The number of aryl methyl sites for hydroxylation is 1. The second-order valence-corrected chi connectivity index (χ2v) is 6.38. The predicted octanol–water partition coefficient (Wildman–Crippen LogP) is 2.23. The minimum atomic E-state index is -3.76. The fourth-order valence-electron chi connectivity index (χ4n) is 2.39. The topological polar surface area (TPSA) is 67.6 Å². The van der Waals surface area contributed by atoms with Gasteiger partial charge in [0.1, 0.15) is 0 Å². The molecule has 0 atom stereocenters. The third-order valence-corrected chi connectivity index (χ3v) is 5.02. The Hall–Kier alpha value is -2.08. The molecule has 104 valence electrons. The van der Waals surface area contributed by atoms with Crippen molar-refractivity contribution in [3.05, 3.63) is 47.7 Å². The molecule has 2 aromatic rings. The molecule has 6 heteroatoms. The van der Waals surface area contributed by atoms with E-state index in [1.165, 1.54) is 16.4 Å². The number of anilines is 1. The van der Waals surface area contributed by atoms with E-state index in [1.54, 1.807) is 6.07 Å². The summed E-state index contributed by atoms with van der Waals surface area (Å²) in [5.74, 6) is 0.00821. The fraction of sp³-hybridized carbons (Fsp3) is 0.214. The number of para-hydroxylation sites is 1. The average Bonchev–Trinajstić information content (AvgIpc) is 2.96. The monoisotopic (exact) mass is 291 g/mol. The second-order valence-electron chi connectivity index (χ2n) is 4.58. The van der Waals surface area contributed by atoms with Crippen LogP contribution in [-0.2, 0) is 16.4 Å². The molecule has 0 aliphatic carbocycles. The van der Waals surface area contributed by atoms with Crippen molar-refractivity contribution in [3.63, 3.8) is 0 Å². The van der Waals surface area contributed by atoms with E-state index in [4.69, 9.17) is 4.42 Å². The van der Waals surface area contributed by atoms with Crippen LogP contribution in [-0.4, -0.2) is 21.2 Å². The summed E-state index contributed by atoms with van der Waals surface area (Å²) in [5, 5.41) is -0.198. The zero-order valence-electron chi connectivity index (χ0n) is 10.7. The van der Waals surface area contributed by atoms with Crippen LogP contribution < -0.4 is 4.31 Å². The normalized spacial score (nSPS) is 14.9. The minimum absolute atomic E-state index is 0.00821. The van der Waals surface area contributed by atoms with Crippen molar-refractivity contribution in [2.75, 3.05) is 10.8 Å². The Balaban J connectivity index is 2.06. The van der Waals surface area contributed by atoms with Crippen molar-refractivity contribution in [1.82, 2.24) is 0 Å². The van der Waals surface area contributed by atoms with Gasteiger partial charge in [0.2, 0.25) is 5.09 Å². The first kappa shape index (κ1) is 12.9. The molecule has 5 nitrogen and oxygen atoms in total. The van der Waals surface area contributed by atoms with Crippen LogP contribution in [0.15, 0.2) is 45.9 Å². The number of hydrogen-bond acceptors (Lipinski definition) is 4. The molecule has 3 rings (SSSR count). The number of sulfonamides is 1. The molecule has 0 spiro atoms. The van der Waals surface area contributed by atoms with Gasteiger partial charge in [-0.25, -0.2) is 0 Å². The van der Waals surface area contributed by atoms with Crippen LogP contribution in [0.2, 0.25) is 0 Å². The molecule has 0 bridgehead atoms. The van der Waals surface area contributed by atoms with Crippen LogP contribution in [0.1, 0.15) is 22.5 Å². The van der Waals surface area contributed by atoms with E-state index in [2.05, 4.69) is 0 Å². The van der Waals surface area contributed by atoms with Gasteiger partial charge in [0.15, 0.2) is 12.0 Å². The van der Waals surface area contributed by atoms with E-state index in [9.17, 15) is 13.2 Å². The highest BCUT2D eigenvalue weighted by Gasteiger charge is 2.31. The van der Waals surface area contributed by atoms with E-state index < -0.39 is 10.0 Å². The van der Waals surface area contributed by atoms with Crippen LogP contribution in [0.3, 0.4) is 0 Å². The molecule has 1 aliphatic rings. The quantitative estimate of drug-likeness (QED) is 0.813. The summed E-state index contributed by atoms with van der Waals surface area (Å²) in [6.07, 6.45) is 2.11. The number of benzene rings is 1. The van der Waals surface area contributed by atoms with Gasteiger partial charge < -0.3 is 4.42 Å². The molecule has 2 heterocycles. The number of hydrogen-bond donors (Lipinski definition) is 0. The maximum atomic E-state index is 12.6. The molecule has 0 unspecified atom stereocenters. The molecular weight excluding hydrogens is 278 g/mol. The number of aldehydes is 1. The highest BCUT2D eigenvalue weighted by molar-refractivity contribution is 7.92. The Labute approximate surface area is 116 Å². The van der Waals surface area contributed by atoms with Gasteiger partial charge in [-0.05, 0) is 36.6 Å². The van der Waals surface area contributed by atoms with Crippen molar-refractivity contribution in [1.29, 1.82) is 0 Å². The number of fused-ring (bicyclic) bond motifs is 1. The van der Waals surface area contributed by atoms with Crippen molar-refractivity contribution < 1.29 is 17.6 Å². The van der Waals surface area contributed by atoms with Crippen LogP contribution in [0.25, 0.3) is 0 Å². The minimum Gasteiger partial charge on any atom is -0.440 e. The molecule has 1 aromatic carbocycles. The van der Waals surface area contributed by atoms with Crippen molar-refractivity contribution >= 4 is 22.0 Å². The van der Waals surface area contributed by atoms with Crippen molar-refractivity contribution in [2.45, 2.75) is 17.9 Å². The summed E-state index contributed by atoms with van der Waals surface area (Å²) in [4.78, 5) is 10.6. The molecule has 0 amide bonds. The summed E-state index contributed by atoms with van der Waals surface area (Å²) < 4.78 is 31.6. The standard InChI is InChI=1S/C14H13NO4S/c16-10-12-7-8-14(19-12)20(17,18)15-9-3-5-11-4-1-2-6-13(11)15/h1-2,4,6-8,10H,3,5,9H2. The highest BCUT2D eigenvalue weighted by atomic mass is 32.2. The van der Waals surface area contributed by atoms with E-state index in [0.717, 1.165) is 18.4 Å². The van der Waals surface area contributed by atoms with Gasteiger partial charge in [-0.2, -0.15) is 8.42 Å². The van der Waals surface area contributed by atoms with Gasteiger partial charge in [-0.1, -0.05) is 18.2 Å².